The van der Waals surface area contributed by atoms with E-state index in [1.165, 1.54) is 6.08 Å². The summed E-state index contributed by atoms with van der Waals surface area (Å²) in [5.41, 5.74) is 0. The third kappa shape index (κ3) is 11.1. The molecule has 3 nitrogen and oxygen atoms in total. The molecule has 0 fully saturated rings. The Bertz CT molecular complexity index is 176. The summed E-state index contributed by atoms with van der Waals surface area (Å²) >= 11 is 0. The smallest absolute Gasteiger partial charge is 0.330 e. The Morgan fingerprint density at radius 2 is 1.87 bits per heavy atom. The molecule has 0 heterocycles. The maximum Gasteiger partial charge on any atom is 0.330 e. The predicted octanol–water partition coefficient (Wildman–Crippen LogP) is 2.44. The first-order valence-electron chi connectivity index (χ1n) is 5.75. The van der Waals surface area contributed by atoms with Gasteiger partial charge in [0.25, 0.3) is 0 Å². The first kappa shape index (κ1) is 14.2. The molecule has 0 amide bonds. The van der Waals surface area contributed by atoms with Crippen LogP contribution in [-0.2, 0) is 9.53 Å². The number of aliphatic hydroxyl groups is 1. The average Bonchev–Trinajstić information content (AvgIpc) is 2.22. The van der Waals surface area contributed by atoms with Crippen molar-refractivity contribution in [2.24, 2.45) is 0 Å². The van der Waals surface area contributed by atoms with E-state index in [1.54, 1.807) is 6.92 Å². The largest absolute Gasteiger partial charge is 0.463 e. The summed E-state index contributed by atoms with van der Waals surface area (Å²) in [5.74, 6) is -0.252. The number of esters is 1. The summed E-state index contributed by atoms with van der Waals surface area (Å²) in [6.07, 6.45) is 9.71. The zero-order valence-electron chi connectivity index (χ0n) is 9.58. The molecule has 0 aromatic heterocycles. The number of unbranched alkanes of at least 4 members (excludes halogenated alkanes) is 5. The lowest BCUT2D eigenvalue weighted by molar-refractivity contribution is -0.137. The van der Waals surface area contributed by atoms with Crippen LogP contribution >= 0.6 is 0 Å². The molecular weight excluding hydrogens is 192 g/mol. The van der Waals surface area contributed by atoms with E-state index in [4.69, 9.17) is 9.84 Å². The van der Waals surface area contributed by atoms with E-state index in [2.05, 4.69) is 0 Å². The number of hydrogen-bond acceptors (Lipinski definition) is 3. The first-order chi connectivity index (χ1) is 7.31. The van der Waals surface area contributed by atoms with Gasteiger partial charge in [0.1, 0.15) is 0 Å². The van der Waals surface area contributed by atoms with Crippen molar-refractivity contribution in [1.82, 2.24) is 0 Å². The molecule has 0 aliphatic rings. The highest BCUT2D eigenvalue weighted by molar-refractivity contribution is 5.81. The van der Waals surface area contributed by atoms with Crippen LogP contribution in [0.5, 0.6) is 0 Å². The fourth-order valence-electron chi connectivity index (χ4n) is 1.27. The molecule has 0 radical (unpaired) electrons. The number of carbonyl (C=O) groups is 1. The van der Waals surface area contributed by atoms with Crippen molar-refractivity contribution < 1.29 is 14.6 Å². The monoisotopic (exact) mass is 214 g/mol. The van der Waals surface area contributed by atoms with Gasteiger partial charge in [-0.05, 0) is 26.2 Å². The lowest BCUT2D eigenvalue weighted by atomic mass is 10.1. The molecule has 3 heteroatoms. The van der Waals surface area contributed by atoms with Crippen LogP contribution in [-0.4, -0.2) is 24.3 Å². The van der Waals surface area contributed by atoms with E-state index in [-0.39, 0.29) is 5.97 Å². The van der Waals surface area contributed by atoms with Gasteiger partial charge in [0.15, 0.2) is 0 Å². The lowest BCUT2D eigenvalue weighted by Crippen LogP contribution is -1.98. The number of ether oxygens (including phenoxy) is 1. The Labute approximate surface area is 92.1 Å². The van der Waals surface area contributed by atoms with E-state index in [9.17, 15) is 4.79 Å². The van der Waals surface area contributed by atoms with Crippen molar-refractivity contribution in [1.29, 1.82) is 0 Å². The molecule has 0 aromatic rings. The standard InChI is InChI=1S/C12H22O3/c1-2-15-12(14)10-8-6-4-3-5-7-9-11-13/h8,10,13H,2-7,9,11H2,1H3/b10-8+. The van der Waals surface area contributed by atoms with E-state index in [1.807, 2.05) is 6.08 Å². The Balaban J connectivity index is 3.19. The highest BCUT2D eigenvalue weighted by Gasteiger charge is 1.92. The van der Waals surface area contributed by atoms with Crippen molar-refractivity contribution in [2.45, 2.75) is 45.4 Å². The van der Waals surface area contributed by atoms with Gasteiger partial charge < -0.3 is 9.84 Å². The summed E-state index contributed by atoms with van der Waals surface area (Å²) in [5, 5.41) is 8.56. The summed E-state index contributed by atoms with van der Waals surface area (Å²) in [6, 6.07) is 0. The van der Waals surface area contributed by atoms with E-state index >= 15 is 0 Å². The third-order valence-corrected chi connectivity index (χ3v) is 2.07. The average molecular weight is 214 g/mol. The maximum absolute atomic E-state index is 10.9. The molecule has 15 heavy (non-hydrogen) atoms. The Morgan fingerprint density at radius 1 is 1.20 bits per heavy atom. The molecule has 0 rings (SSSR count). The van der Waals surface area contributed by atoms with Gasteiger partial charge >= 0.3 is 5.97 Å². The summed E-state index contributed by atoms with van der Waals surface area (Å²) < 4.78 is 4.75. The van der Waals surface area contributed by atoms with Gasteiger partial charge in [0, 0.05) is 12.7 Å². The number of allylic oxidation sites excluding steroid dienone is 1. The van der Waals surface area contributed by atoms with Crippen LogP contribution < -0.4 is 0 Å². The summed E-state index contributed by atoms with van der Waals surface area (Å²) in [7, 11) is 0. The topological polar surface area (TPSA) is 46.5 Å². The van der Waals surface area contributed by atoms with Crippen molar-refractivity contribution in [3.8, 4) is 0 Å². The van der Waals surface area contributed by atoms with Crippen LogP contribution in [0.2, 0.25) is 0 Å². The normalized spacial score (nSPS) is 10.8. The van der Waals surface area contributed by atoms with Gasteiger partial charge in [-0.3, -0.25) is 0 Å². The van der Waals surface area contributed by atoms with Gasteiger partial charge in [-0.1, -0.05) is 25.3 Å². The van der Waals surface area contributed by atoms with Gasteiger partial charge in [0.2, 0.25) is 0 Å². The van der Waals surface area contributed by atoms with Gasteiger partial charge in [0.05, 0.1) is 6.61 Å². The fraction of sp³-hybridized carbons (Fsp3) is 0.750. The quantitative estimate of drug-likeness (QED) is 0.364. The molecule has 0 aliphatic heterocycles. The third-order valence-electron chi connectivity index (χ3n) is 2.07. The Kier molecular flexibility index (Phi) is 10.6. The molecule has 0 unspecified atom stereocenters. The molecule has 0 atom stereocenters. The maximum atomic E-state index is 10.9. The molecule has 0 aromatic carbocycles. The molecule has 0 saturated carbocycles. The highest BCUT2D eigenvalue weighted by atomic mass is 16.5. The SMILES string of the molecule is CCOC(=O)/C=C/CCCCCCCO. The molecule has 0 aliphatic carbocycles. The van der Waals surface area contributed by atoms with Crippen LogP contribution in [0.15, 0.2) is 12.2 Å². The second kappa shape index (κ2) is 11.2. The number of rotatable bonds is 9. The van der Waals surface area contributed by atoms with Gasteiger partial charge in [-0.25, -0.2) is 4.79 Å². The molecule has 0 saturated heterocycles. The first-order valence-corrected chi connectivity index (χ1v) is 5.75. The lowest BCUT2D eigenvalue weighted by Gasteiger charge is -1.97. The van der Waals surface area contributed by atoms with Gasteiger partial charge in [-0.2, -0.15) is 0 Å². The van der Waals surface area contributed by atoms with E-state index in [0.29, 0.717) is 13.2 Å². The summed E-state index contributed by atoms with van der Waals surface area (Å²) in [6.45, 7) is 2.53. The molecule has 0 bridgehead atoms. The van der Waals surface area contributed by atoms with E-state index < -0.39 is 0 Å². The van der Waals surface area contributed by atoms with Crippen molar-refractivity contribution in [2.75, 3.05) is 13.2 Å². The molecular formula is C12H22O3. The Hall–Kier alpha value is -0.830. The number of aliphatic hydroxyl groups excluding tert-OH is 1. The molecule has 0 spiro atoms. The van der Waals surface area contributed by atoms with Crippen LogP contribution in [0.4, 0.5) is 0 Å². The second-order valence-electron chi connectivity index (χ2n) is 3.43. The minimum Gasteiger partial charge on any atom is -0.463 e. The Morgan fingerprint density at radius 3 is 2.53 bits per heavy atom. The molecule has 88 valence electrons. The van der Waals surface area contributed by atoms with Crippen molar-refractivity contribution in [3.05, 3.63) is 12.2 Å². The van der Waals surface area contributed by atoms with E-state index in [0.717, 1.165) is 38.5 Å². The number of carbonyl (C=O) groups excluding carboxylic acids is 1. The van der Waals surface area contributed by atoms with Crippen LogP contribution in [0.25, 0.3) is 0 Å². The van der Waals surface area contributed by atoms with Crippen LogP contribution in [0, 0.1) is 0 Å². The van der Waals surface area contributed by atoms with Crippen LogP contribution in [0.1, 0.15) is 45.4 Å². The highest BCUT2D eigenvalue weighted by Crippen LogP contribution is 2.05. The zero-order valence-corrected chi connectivity index (χ0v) is 9.58. The minimum atomic E-state index is -0.252. The summed E-state index contributed by atoms with van der Waals surface area (Å²) in [4.78, 5) is 10.9. The predicted molar refractivity (Wildman–Crippen MR) is 60.6 cm³/mol. The van der Waals surface area contributed by atoms with Crippen molar-refractivity contribution in [3.63, 3.8) is 0 Å². The second-order valence-corrected chi connectivity index (χ2v) is 3.43. The fourth-order valence-corrected chi connectivity index (χ4v) is 1.27. The van der Waals surface area contributed by atoms with Crippen LogP contribution in [0.3, 0.4) is 0 Å². The molecule has 1 N–H and O–H groups in total. The number of hydrogen-bond donors (Lipinski definition) is 1. The van der Waals surface area contributed by atoms with Crippen molar-refractivity contribution >= 4 is 5.97 Å². The zero-order chi connectivity index (χ0) is 11.4. The van der Waals surface area contributed by atoms with Gasteiger partial charge in [-0.15, -0.1) is 0 Å². The minimum absolute atomic E-state index is 0.252.